The molecule has 6 rings (SSSR count). The van der Waals surface area contributed by atoms with Crippen LogP contribution in [0.15, 0.2) is 140 Å². The SMILES string of the molecule is COC(=O)CNC(=O)[C@@H](F)NC(=O)[C@@H](CSC(c1ccccc1)(c1ccccc1)c1ccccc1)NC(=O)[C@@H](C)NC(=O)OCC1c2ccccc2-c2ccccc21. The molecule has 0 fully saturated rings. The minimum Gasteiger partial charge on any atom is -0.468 e. The smallest absolute Gasteiger partial charge is 0.407 e. The summed E-state index contributed by atoms with van der Waals surface area (Å²) in [4.78, 5) is 64.7. The number of halogens is 1. The van der Waals surface area contributed by atoms with Crippen LogP contribution >= 0.6 is 11.8 Å². The lowest BCUT2D eigenvalue weighted by molar-refractivity contribution is -0.142. The number of alkyl halides is 1. The number of rotatable bonds is 16. The summed E-state index contributed by atoms with van der Waals surface area (Å²) in [7, 11) is 1.11. The highest BCUT2D eigenvalue weighted by atomic mass is 32.2. The van der Waals surface area contributed by atoms with Gasteiger partial charge in [0.25, 0.3) is 12.2 Å². The maximum atomic E-state index is 15.2. The summed E-state index contributed by atoms with van der Waals surface area (Å²) in [5, 5.41) is 9.29. The average Bonchev–Trinajstić information content (AvgIpc) is 3.58. The highest BCUT2D eigenvalue weighted by molar-refractivity contribution is 8.00. The van der Waals surface area contributed by atoms with Gasteiger partial charge >= 0.3 is 12.1 Å². The fourth-order valence-corrected chi connectivity index (χ4v) is 8.51. The quantitative estimate of drug-likeness (QED) is 0.0554. The summed E-state index contributed by atoms with van der Waals surface area (Å²) >= 11 is 1.32. The van der Waals surface area contributed by atoms with Gasteiger partial charge in [0, 0.05) is 11.7 Å². The molecule has 0 radical (unpaired) electrons. The lowest BCUT2D eigenvalue weighted by atomic mass is 9.84. The van der Waals surface area contributed by atoms with Crippen molar-refractivity contribution in [3.05, 3.63) is 167 Å². The van der Waals surface area contributed by atoms with Crippen LogP contribution in [0, 0.1) is 0 Å². The minimum atomic E-state index is -2.57. The number of ether oxygens (including phenoxy) is 2. The molecule has 0 saturated heterocycles. The molecule has 298 valence electrons. The number of amides is 4. The zero-order chi connectivity index (χ0) is 41.1. The third kappa shape index (κ3) is 9.38. The third-order valence-corrected chi connectivity index (χ3v) is 11.5. The first-order chi connectivity index (χ1) is 28.1. The second-order valence-corrected chi connectivity index (χ2v) is 14.7. The van der Waals surface area contributed by atoms with Crippen molar-refractivity contribution in [3.63, 3.8) is 0 Å². The van der Waals surface area contributed by atoms with Crippen molar-refractivity contribution in [1.82, 2.24) is 21.3 Å². The molecule has 58 heavy (non-hydrogen) atoms. The summed E-state index contributed by atoms with van der Waals surface area (Å²) in [6, 6.07) is 42.1. The van der Waals surface area contributed by atoms with Crippen LogP contribution in [0.5, 0.6) is 0 Å². The Labute approximate surface area is 340 Å². The van der Waals surface area contributed by atoms with E-state index < -0.39 is 59.5 Å². The predicted molar refractivity (Wildman–Crippen MR) is 219 cm³/mol. The van der Waals surface area contributed by atoms with Gasteiger partial charge in [0.05, 0.1) is 11.9 Å². The molecule has 4 amide bonds. The normalized spacial score (nSPS) is 13.4. The Balaban J connectivity index is 1.21. The zero-order valence-electron chi connectivity index (χ0n) is 31.9. The van der Waals surface area contributed by atoms with Crippen molar-refractivity contribution in [2.24, 2.45) is 0 Å². The number of esters is 1. The first-order valence-electron chi connectivity index (χ1n) is 18.6. The Kier molecular flexibility index (Phi) is 13.6. The Morgan fingerprint density at radius 1 is 0.655 bits per heavy atom. The van der Waals surface area contributed by atoms with Gasteiger partial charge in [-0.3, -0.25) is 19.2 Å². The fraction of sp³-hybridized carbons (Fsp3) is 0.222. The number of fused-ring (bicyclic) bond motifs is 3. The largest absolute Gasteiger partial charge is 0.468 e. The lowest BCUT2D eigenvalue weighted by Gasteiger charge is -2.36. The number of thioether (sulfide) groups is 1. The van der Waals surface area contributed by atoms with Crippen molar-refractivity contribution in [3.8, 4) is 11.1 Å². The maximum Gasteiger partial charge on any atom is 0.407 e. The molecule has 5 aromatic carbocycles. The van der Waals surface area contributed by atoms with Gasteiger partial charge in [-0.15, -0.1) is 11.8 Å². The zero-order valence-corrected chi connectivity index (χ0v) is 32.7. The molecule has 0 aliphatic heterocycles. The van der Waals surface area contributed by atoms with Crippen LogP contribution in [0.3, 0.4) is 0 Å². The Bertz CT molecular complexity index is 2090. The summed E-state index contributed by atoms with van der Waals surface area (Å²) < 4.78 is 24.4. The van der Waals surface area contributed by atoms with Gasteiger partial charge in [-0.05, 0) is 45.9 Å². The van der Waals surface area contributed by atoms with Crippen LogP contribution in [0.2, 0.25) is 0 Å². The number of carbonyl (C=O) groups excluding carboxylic acids is 5. The Morgan fingerprint density at radius 3 is 1.64 bits per heavy atom. The van der Waals surface area contributed by atoms with Crippen LogP contribution in [-0.4, -0.2) is 74.2 Å². The molecule has 13 heteroatoms. The van der Waals surface area contributed by atoms with E-state index in [1.165, 1.54) is 18.7 Å². The van der Waals surface area contributed by atoms with Gasteiger partial charge in [-0.2, -0.15) is 0 Å². The van der Waals surface area contributed by atoms with Crippen molar-refractivity contribution >= 4 is 41.5 Å². The summed E-state index contributed by atoms with van der Waals surface area (Å²) in [6.07, 6.45) is -3.41. The number of alkyl carbamates (subject to hydrolysis) is 1. The molecule has 11 nitrogen and oxygen atoms in total. The van der Waals surface area contributed by atoms with E-state index in [9.17, 15) is 24.0 Å². The van der Waals surface area contributed by atoms with Gasteiger partial charge in [0.2, 0.25) is 11.8 Å². The number of hydrogen-bond donors (Lipinski definition) is 4. The Hall–Kier alpha value is -6.47. The molecular weight excluding hydrogens is 760 g/mol. The second kappa shape index (κ2) is 19.1. The van der Waals surface area contributed by atoms with E-state index >= 15 is 4.39 Å². The molecule has 0 saturated carbocycles. The van der Waals surface area contributed by atoms with Crippen LogP contribution in [0.4, 0.5) is 9.18 Å². The van der Waals surface area contributed by atoms with Crippen molar-refractivity contribution in [2.45, 2.75) is 36.0 Å². The first-order valence-corrected chi connectivity index (χ1v) is 19.6. The van der Waals surface area contributed by atoms with Crippen LogP contribution < -0.4 is 21.3 Å². The van der Waals surface area contributed by atoms with Crippen LogP contribution in [0.25, 0.3) is 11.1 Å². The van der Waals surface area contributed by atoms with E-state index in [0.717, 1.165) is 46.1 Å². The number of nitrogens with one attached hydrogen (secondary N) is 4. The van der Waals surface area contributed by atoms with Crippen molar-refractivity contribution in [1.29, 1.82) is 0 Å². The molecule has 4 N–H and O–H groups in total. The van der Waals surface area contributed by atoms with E-state index in [1.54, 1.807) is 0 Å². The number of benzene rings is 5. The Morgan fingerprint density at radius 2 is 1.14 bits per heavy atom. The maximum absolute atomic E-state index is 15.2. The lowest BCUT2D eigenvalue weighted by Crippen LogP contribution is -2.56. The summed E-state index contributed by atoms with van der Waals surface area (Å²) in [5.74, 6) is -4.20. The number of carbonyl (C=O) groups is 5. The van der Waals surface area contributed by atoms with Gasteiger partial charge < -0.3 is 30.7 Å². The summed E-state index contributed by atoms with van der Waals surface area (Å²) in [5.41, 5.74) is 6.80. The van der Waals surface area contributed by atoms with E-state index in [1.807, 2.05) is 145 Å². The van der Waals surface area contributed by atoms with Crippen LogP contribution in [-0.2, 0) is 33.4 Å². The first kappa shape index (κ1) is 41.2. The fourth-order valence-electron chi connectivity index (χ4n) is 6.95. The molecular formula is C45H43FN4O7S. The molecule has 0 aromatic heterocycles. The van der Waals surface area contributed by atoms with E-state index in [-0.39, 0.29) is 18.3 Å². The van der Waals surface area contributed by atoms with Gasteiger partial charge in [0.1, 0.15) is 25.2 Å². The molecule has 1 aliphatic rings. The van der Waals surface area contributed by atoms with Crippen molar-refractivity contribution in [2.75, 3.05) is 26.0 Å². The van der Waals surface area contributed by atoms with E-state index in [4.69, 9.17) is 4.74 Å². The molecule has 0 unspecified atom stereocenters. The van der Waals surface area contributed by atoms with E-state index in [0.29, 0.717) is 0 Å². The van der Waals surface area contributed by atoms with E-state index in [2.05, 4.69) is 20.7 Å². The van der Waals surface area contributed by atoms with Crippen LogP contribution in [0.1, 0.15) is 40.7 Å². The molecule has 0 heterocycles. The second-order valence-electron chi connectivity index (χ2n) is 13.5. The highest BCUT2D eigenvalue weighted by Gasteiger charge is 2.39. The standard InChI is InChI=1S/C45H43FN4O7S/c1-29(48-44(55)57-27-37-35-24-14-12-22-33(35)34-23-13-15-25-36(34)37)41(52)49-38(42(53)50-40(46)43(54)47-26-39(51)56-2)28-58-45(30-16-6-3-7-17-30,31-18-8-4-9-19-31)32-20-10-5-11-21-32/h3-25,29,37-38,40H,26-28H2,1-2H3,(H,47,54)(H,48,55)(H,49,52)(H,50,53)/t29-,38-,40+/m1/s1. The predicted octanol–water partition coefficient (Wildman–Crippen LogP) is 5.82. The molecule has 1 aliphatic carbocycles. The van der Waals surface area contributed by atoms with Gasteiger partial charge in [-0.25, -0.2) is 9.18 Å². The highest BCUT2D eigenvalue weighted by Crippen LogP contribution is 2.49. The summed E-state index contributed by atoms with van der Waals surface area (Å²) in [6.45, 7) is 0.833. The molecule has 3 atom stereocenters. The topological polar surface area (TPSA) is 152 Å². The minimum absolute atomic E-state index is 0.0202. The number of hydrogen-bond acceptors (Lipinski definition) is 8. The van der Waals surface area contributed by atoms with Gasteiger partial charge in [-0.1, -0.05) is 140 Å². The van der Waals surface area contributed by atoms with Crippen molar-refractivity contribution < 1.29 is 37.8 Å². The number of methoxy groups -OCH3 is 1. The third-order valence-electron chi connectivity index (χ3n) is 9.85. The van der Waals surface area contributed by atoms with Gasteiger partial charge in [0.15, 0.2) is 0 Å². The molecule has 5 aromatic rings. The molecule has 0 bridgehead atoms. The molecule has 0 spiro atoms. The average molecular weight is 803 g/mol. The monoisotopic (exact) mass is 802 g/mol.